The highest BCUT2D eigenvalue weighted by atomic mass is 32.2. The third kappa shape index (κ3) is 2.47. The molecular formula is C11H12N2O3S. The molecular weight excluding hydrogens is 240 g/mol. The molecule has 0 radical (unpaired) electrons. The van der Waals surface area contributed by atoms with E-state index in [4.69, 9.17) is 10.4 Å². The zero-order valence-electron chi connectivity index (χ0n) is 9.05. The first kappa shape index (κ1) is 12.0. The minimum absolute atomic E-state index is 0.108. The van der Waals surface area contributed by atoms with Crippen LogP contribution in [-0.2, 0) is 10.0 Å². The fourth-order valence-corrected chi connectivity index (χ4v) is 2.95. The maximum atomic E-state index is 11.9. The van der Waals surface area contributed by atoms with Gasteiger partial charge < -0.3 is 5.11 Å². The number of hydrogen-bond donors (Lipinski definition) is 2. The average molecular weight is 252 g/mol. The highest BCUT2D eigenvalue weighted by Crippen LogP contribution is 2.36. The molecule has 17 heavy (non-hydrogen) atoms. The summed E-state index contributed by atoms with van der Waals surface area (Å²) in [5.41, 5.74) is -0.264. The molecule has 0 amide bonds. The SMILES string of the molecule is N#Cc1ccc(S(=O)(=O)NC2(CO)CC2)cc1. The standard InChI is InChI=1S/C11H12N2O3S/c12-7-9-1-3-10(4-2-9)17(15,16)13-11(8-14)5-6-11/h1-4,13-14H,5-6,8H2. The number of hydrogen-bond acceptors (Lipinski definition) is 4. The predicted molar refractivity (Wildman–Crippen MR) is 60.5 cm³/mol. The van der Waals surface area contributed by atoms with Gasteiger partial charge in [-0.15, -0.1) is 0 Å². The summed E-state index contributed by atoms with van der Waals surface area (Å²) < 4.78 is 26.4. The highest BCUT2D eigenvalue weighted by molar-refractivity contribution is 7.89. The first-order chi connectivity index (χ1) is 8.01. The van der Waals surface area contributed by atoms with Crippen LogP contribution in [-0.4, -0.2) is 25.7 Å². The molecule has 5 nitrogen and oxygen atoms in total. The van der Waals surface area contributed by atoms with Crippen LogP contribution < -0.4 is 4.72 Å². The van der Waals surface area contributed by atoms with Crippen LogP contribution in [0, 0.1) is 11.3 Å². The maximum absolute atomic E-state index is 11.9. The van der Waals surface area contributed by atoms with Crippen LogP contribution in [0.3, 0.4) is 0 Å². The Kier molecular flexibility index (Phi) is 2.91. The summed E-state index contributed by atoms with van der Waals surface area (Å²) in [5.74, 6) is 0. The van der Waals surface area contributed by atoms with Gasteiger partial charge in [-0.25, -0.2) is 13.1 Å². The van der Waals surface area contributed by atoms with Gasteiger partial charge in [-0.1, -0.05) is 0 Å². The third-order valence-electron chi connectivity index (χ3n) is 2.80. The molecule has 0 atom stereocenters. The van der Waals surface area contributed by atoms with Crippen LogP contribution in [0.2, 0.25) is 0 Å². The van der Waals surface area contributed by atoms with Crippen molar-refractivity contribution in [1.29, 1.82) is 5.26 Å². The lowest BCUT2D eigenvalue weighted by atomic mass is 10.2. The second kappa shape index (κ2) is 4.11. The lowest BCUT2D eigenvalue weighted by Gasteiger charge is -2.14. The number of aliphatic hydroxyl groups excluding tert-OH is 1. The van der Waals surface area contributed by atoms with Crippen LogP contribution in [0.5, 0.6) is 0 Å². The Balaban J connectivity index is 2.23. The Morgan fingerprint density at radius 1 is 1.35 bits per heavy atom. The Morgan fingerprint density at radius 3 is 2.35 bits per heavy atom. The number of benzene rings is 1. The van der Waals surface area contributed by atoms with E-state index in [1.165, 1.54) is 24.3 Å². The smallest absolute Gasteiger partial charge is 0.241 e. The molecule has 0 saturated heterocycles. The molecule has 0 heterocycles. The van der Waals surface area contributed by atoms with E-state index < -0.39 is 15.6 Å². The first-order valence-corrected chi connectivity index (χ1v) is 6.65. The van der Waals surface area contributed by atoms with Crippen LogP contribution in [0.4, 0.5) is 0 Å². The van der Waals surface area contributed by atoms with Gasteiger partial charge in [-0.3, -0.25) is 0 Å². The number of aliphatic hydroxyl groups is 1. The third-order valence-corrected chi connectivity index (χ3v) is 4.40. The molecule has 6 heteroatoms. The molecule has 90 valence electrons. The van der Waals surface area contributed by atoms with Crippen molar-refractivity contribution in [1.82, 2.24) is 4.72 Å². The Hall–Kier alpha value is -1.42. The lowest BCUT2D eigenvalue weighted by Crippen LogP contribution is -2.39. The zero-order chi connectivity index (χ0) is 12.5. The Labute approximate surface area is 99.7 Å². The van der Waals surface area contributed by atoms with Crippen molar-refractivity contribution in [2.75, 3.05) is 6.61 Å². The number of nitrogens with zero attached hydrogens (tertiary/aromatic N) is 1. The van der Waals surface area contributed by atoms with Gasteiger partial charge in [0.1, 0.15) is 0 Å². The normalized spacial score (nSPS) is 17.4. The molecule has 0 spiro atoms. The summed E-state index contributed by atoms with van der Waals surface area (Å²) in [4.78, 5) is 0.108. The van der Waals surface area contributed by atoms with Gasteiger partial charge in [-0.2, -0.15) is 5.26 Å². The van der Waals surface area contributed by atoms with E-state index in [2.05, 4.69) is 4.72 Å². The van der Waals surface area contributed by atoms with Gasteiger partial charge in [-0.05, 0) is 37.1 Å². The van der Waals surface area contributed by atoms with E-state index in [0.29, 0.717) is 18.4 Å². The Bertz CT molecular complexity index is 553. The van der Waals surface area contributed by atoms with E-state index in [0.717, 1.165) is 0 Å². The number of nitrogens with one attached hydrogen (secondary N) is 1. The van der Waals surface area contributed by atoms with Crippen molar-refractivity contribution in [3.05, 3.63) is 29.8 Å². The second-order valence-electron chi connectivity index (χ2n) is 4.18. The molecule has 1 fully saturated rings. The lowest BCUT2D eigenvalue weighted by molar-refractivity contribution is 0.246. The summed E-state index contributed by atoms with van der Waals surface area (Å²) in [7, 11) is -3.61. The summed E-state index contributed by atoms with van der Waals surface area (Å²) >= 11 is 0. The molecule has 2 rings (SSSR count). The van der Waals surface area contributed by atoms with Crippen molar-refractivity contribution in [3.8, 4) is 6.07 Å². The average Bonchev–Trinajstić information content (AvgIpc) is 3.09. The predicted octanol–water partition coefficient (Wildman–Crippen LogP) is 0.361. The van der Waals surface area contributed by atoms with Crippen molar-refractivity contribution in [2.45, 2.75) is 23.3 Å². The molecule has 2 N–H and O–H groups in total. The number of sulfonamides is 1. The molecule has 1 saturated carbocycles. The van der Waals surface area contributed by atoms with E-state index >= 15 is 0 Å². The number of rotatable bonds is 4. The molecule has 0 aliphatic heterocycles. The monoisotopic (exact) mass is 252 g/mol. The molecule has 1 aromatic rings. The first-order valence-electron chi connectivity index (χ1n) is 5.16. The Morgan fingerprint density at radius 2 is 1.94 bits per heavy atom. The zero-order valence-corrected chi connectivity index (χ0v) is 9.87. The van der Waals surface area contributed by atoms with Crippen LogP contribution in [0.15, 0.2) is 29.2 Å². The van der Waals surface area contributed by atoms with Crippen LogP contribution >= 0.6 is 0 Å². The summed E-state index contributed by atoms with van der Waals surface area (Å²) in [6.07, 6.45) is 1.30. The van der Waals surface area contributed by atoms with Crippen molar-refractivity contribution in [3.63, 3.8) is 0 Å². The molecule has 1 aromatic carbocycles. The van der Waals surface area contributed by atoms with Crippen molar-refractivity contribution in [2.24, 2.45) is 0 Å². The van der Waals surface area contributed by atoms with Crippen LogP contribution in [0.1, 0.15) is 18.4 Å². The topological polar surface area (TPSA) is 90.2 Å². The van der Waals surface area contributed by atoms with Crippen molar-refractivity contribution >= 4 is 10.0 Å². The summed E-state index contributed by atoms with van der Waals surface area (Å²) in [6.45, 7) is -0.192. The molecule has 0 aromatic heterocycles. The fourth-order valence-electron chi connectivity index (χ4n) is 1.50. The molecule has 0 bridgehead atoms. The molecule has 1 aliphatic carbocycles. The van der Waals surface area contributed by atoms with E-state index in [1.54, 1.807) is 0 Å². The molecule has 0 unspecified atom stereocenters. The minimum Gasteiger partial charge on any atom is -0.394 e. The number of nitriles is 1. The largest absolute Gasteiger partial charge is 0.394 e. The van der Waals surface area contributed by atoms with Gasteiger partial charge in [0.15, 0.2) is 0 Å². The maximum Gasteiger partial charge on any atom is 0.241 e. The minimum atomic E-state index is -3.61. The van der Waals surface area contributed by atoms with Crippen molar-refractivity contribution < 1.29 is 13.5 Å². The molecule has 1 aliphatic rings. The van der Waals surface area contributed by atoms with E-state index in [9.17, 15) is 8.42 Å². The summed E-state index contributed by atoms with van der Waals surface area (Å²) in [6, 6.07) is 7.59. The fraction of sp³-hybridized carbons (Fsp3) is 0.364. The highest BCUT2D eigenvalue weighted by Gasteiger charge is 2.45. The summed E-state index contributed by atoms with van der Waals surface area (Å²) in [5, 5.41) is 17.7. The van der Waals surface area contributed by atoms with Gasteiger partial charge in [0, 0.05) is 0 Å². The van der Waals surface area contributed by atoms with E-state index in [1.807, 2.05) is 6.07 Å². The van der Waals surface area contributed by atoms with Gasteiger partial charge >= 0.3 is 0 Å². The van der Waals surface area contributed by atoms with Gasteiger partial charge in [0.25, 0.3) is 0 Å². The van der Waals surface area contributed by atoms with Crippen LogP contribution in [0.25, 0.3) is 0 Å². The second-order valence-corrected chi connectivity index (χ2v) is 5.86. The quantitative estimate of drug-likeness (QED) is 0.809. The van der Waals surface area contributed by atoms with Gasteiger partial charge in [0.05, 0.1) is 28.7 Å². The van der Waals surface area contributed by atoms with E-state index in [-0.39, 0.29) is 11.5 Å². The van der Waals surface area contributed by atoms with Gasteiger partial charge in [0.2, 0.25) is 10.0 Å².